The second-order valence-electron chi connectivity index (χ2n) is 5.46. The van der Waals surface area contributed by atoms with Crippen molar-refractivity contribution in [3.8, 4) is 0 Å². The first-order chi connectivity index (χ1) is 10.7. The molecule has 1 aromatic carbocycles. The van der Waals surface area contributed by atoms with E-state index in [4.69, 9.17) is 4.74 Å². The van der Waals surface area contributed by atoms with Gasteiger partial charge in [-0.25, -0.2) is 0 Å². The van der Waals surface area contributed by atoms with Gasteiger partial charge >= 0.3 is 0 Å². The molecule has 0 spiro atoms. The molecule has 1 aromatic heterocycles. The van der Waals surface area contributed by atoms with E-state index in [0.29, 0.717) is 38.3 Å². The standard InChI is InChI=1S/C17H20N2O3/c1-2-16(20)14-11-19(15-6-4-3-5-13(14)15)12-17(21)18-7-9-22-10-8-18/h3-6,11H,2,7-10,12H2,1H3. The lowest BCUT2D eigenvalue weighted by Crippen LogP contribution is -2.42. The molecule has 22 heavy (non-hydrogen) atoms. The molecule has 1 aliphatic rings. The summed E-state index contributed by atoms with van der Waals surface area (Å²) in [6.45, 7) is 4.58. The largest absolute Gasteiger partial charge is 0.378 e. The molecule has 3 rings (SSSR count). The predicted octanol–water partition coefficient (Wildman–Crippen LogP) is 2.09. The lowest BCUT2D eigenvalue weighted by Gasteiger charge is -2.27. The number of hydrogen-bond acceptors (Lipinski definition) is 3. The van der Waals surface area contributed by atoms with Crippen molar-refractivity contribution >= 4 is 22.6 Å². The molecular formula is C17H20N2O3. The Hall–Kier alpha value is -2.14. The molecular weight excluding hydrogens is 280 g/mol. The quantitative estimate of drug-likeness (QED) is 0.813. The molecule has 1 amide bonds. The first kappa shape index (κ1) is 14.8. The van der Waals surface area contributed by atoms with E-state index in [-0.39, 0.29) is 18.2 Å². The molecule has 0 N–H and O–H groups in total. The average Bonchev–Trinajstić information content (AvgIpc) is 2.94. The van der Waals surface area contributed by atoms with Crippen molar-refractivity contribution in [1.82, 2.24) is 9.47 Å². The molecule has 0 aliphatic carbocycles. The minimum absolute atomic E-state index is 0.0690. The number of amides is 1. The number of para-hydroxylation sites is 1. The molecule has 0 radical (unpaired) electrons. The second-order valence-corrected chi connectivity index (χ2v) is 5.46. The highest BCUT2D eigenvalue weighted by molar-refractivity contribution is 6.08. The Kier molecular flexibility index (Phi) is 4.24. The number of aromatic nitrogens is 1. The van der Waals surface area contributed by atoms with Crippen LogP contribution in [0.3, 0.4) is 0 Å². The number of nitrogens with zero attached hydrogens (tertiary/aromatic N) is 2. The minimum Gasteiger partial charge on any atom is -0.378 e. The average molecular weight is 300 g/mol. The molecule has 0 bridgehead atoms. The number of carbonyl (C=O) groups excluding carboxylic acids is 2. The van der Waals surface area contributed by atoms with Crippen LogP contribution >= 0.6 is 0 Å². The molecule has 5 nitrogen and oxygen atoms in total. The maximum atomic E-state index is 12.4. The molecule has 116 valence electrons. The summed E-state index contributed by atoms with van der Waals surface area (Å²) in [5.41, 5.74) is 1.63. The van der Waals surface area contributed by atoms with Crippen LogP contribution in [0, 0.1) is 0 Å². The van der Waals surface area contributed by atoms with Crippen molar-refractivity contribution in [2.45, 2.75) is 19.9 Å². The van der Waals surface area contributed by atoms with Gasteiger partial charge in [0.05, 0.1) is 13.2 Å². The number of ether oxygens (including phenoxy) is 1. The molecule has 2 heterocycles. The maximum absolute atomic E-state index is 12.4. The summed E-state index contributed by atoms with van der Waals surface area (Å²) in [6, 6.07) is 7.74. The van der Waals surface area contributed by atoms with Crippen molar-refractivity contribution in [2.75, 3.05) is 26.3 Å². The summed E-state index contributed by atoms with van der Waals surface area (Å²) in [7, 11) is 0. The van der Waals surface area contributed by atoms with E-state index in [2.05, 4.69) is 0 Å². The number of hydrogen-bond donors (Lipinski definition) is 0. The third kappa shape index (κ3) is 2.76. The number of ketones is 1. The number of benzene rings is 1. The Bertz CT molecular complexity index is 699. The lowest BCUT2D eigenvalue weighted by molar-refractivity contribution is -0.135. The summed E-state index contributed by atoms with van der Waals surface area (Å²) in [6.07, 6.45) is 2.28. The summed E-state index contributed by atoms with van der Waals surface area (Å²) in [5, 5.41) is 0.920. The zero-order valence-electron chi connectivity index (χ0n) is 12.7. The Balaban J connectivity index is 1.90. The van der Waals surface area contributed by atoms with Crippen LogP contribution in [-0.4, -0.2) is 47.5 Å². The van der Waals surface area contributed by atoms with E-state index in [9.17, 15) is 9.59 Å². The summed E-state index contributed by atoms with van der Waals surface area (Å²) in [4.78, 5) is 26.3. The van der Waals surface area contributed by atoms with Crippen LogP contribution in [0.5, 0.6) is 0 Å². The molecule has 1 aliphatic heterocycles. The normalized spacial score (nSPS) is 15.2. The van der Waals surface area contributed by atoms with Gasteiger partial charge in [0, 0.05) is 42.2 Å². The van der Waals surface area contributed by atoms with Crippen LogP contribution in [-0.2, 0) is 16.1 Å². The highest BCUT2D eigenvalue weighted by Gasteiger charge is 2.19. The maximum Gasteiger partial charge on any atom is 0.242 e. The molecule has 1 saturated heterocycles. The number of rotatable bonds is 4. The number of morpholine rings is 1. The smallest absolute Gasteiger partial charge is 0.242 e. The Labute approximate surface area is 129 Å². The Morgan fingerprint density at radius 3 is 2.64 bits per heavy atom. The number of Topliss-reactive ketones (excluding diaryl/α,β-unsaturated/α-hetero) is 1. The zero-order chi connectivity index (χ0) is 15.5. The van der Waals surface area contributed by atoms with E-state index >= 15 is 0 Å². The van der Waals surface area contributed by atoms with Crippen molar-refractivity contribution < 1.29 is 14.3 Å². The van der Waals surface area contributed by atoms with Gasteiger partial charge in [0.25, 0.3) is 0 Å². The molecule has 0 unspecified atom stereocenters. The van der Waals surface area contributed by atoms with Gasteiger partial charge in [0.1, 0.15) is 6.54 Å². The second kappa shape index (κ2) is 6.32. The summed E-state index contributed by atoms with van der Waals surface area (Å²) < 4.78 is 7.16. The highest BCUT2D eigenvalue weighted by atomic mass is 16.5. The highest BCUT2D eigenvalue weighted by Crippen LogP contribution is 2.22. The van der Waals surface area contributed by atoms with Crippen molar-refractivity contribution in [3.63, 3.8) is 0 Å². The van der Waals surface area contributed by atoms with Gasteiger partial charge in [-0.1, -0.05) is 25.1 Å². The van der Waals surface area contributed by atoms with Crippen LogP contribution in [0.1, 0.15) is 23.7 Å². The van der Waals surface area contributed by atoms with E-state index in [1.165, 1.54) is 0 Å². The topological polar surface area (TPSA) is 51.5 Å². The van der Waals surface area contributed by atoms with Crippen molar-refractivity contribution in [3.05, 3.63) is 36.0 Å². The SMILES string of the molecule is CCC(=O)c1cn(CC(=O)N2CCOCC2)c2ccccc12. The minimum atomic E-state index is 0.0690. The lowest BCUT2D eigenvalue weighted by atomic mass is 10.1. The van der Waals surface area contributed by atoms with Gasteiger partial charge in [0.2, 0.25) is 5.91 Å². The van der Waals surface area contributed by atoms with E-state index in [1.807, 2.05) is 46.9 Å². The van der Waals surface area contributed by atoms with Crippen LogP contribution in [0.15, 0.2) is 30.5 Å². The van der Waals surface area contributed by atoms with Gasteiger partial charge in [-0.3, -0.25) is 9.59 Å². The van der Waals surface area contributed by atoms with Gasteiger partial charge in [-0.15, -0.1) is 0 Å². The van der Waals surface area contributed by atoms with Crippen LogP contribution < -0.4 is 0 Å². The van der Waals surface area contributed by atoms with Gasteiger partial charge in [-0.05, 0) is 6.07 Å². The van der Waals surface area contributed by atoms with Gasteiger partial charge in [0.15, 0.2) is 5.78 Å². The van der Waals surface area contributed by atoms with E-state index < -0.39 is 0 Å². The first-order valence-corrected chi connectivity index (χ1v) is 7.67. The molecule has 0 saturated carbocycles. The third-order valence-electron chi connectivity index (χ3n) is 4.08. The van der Waals surface area contributed by atoms with E-state index in [1.54, 1.807) is 0 Å². The van der Waals surface area contributed by atoms with E-state index in [0.717, 1.165) is 10.9 Å². The van der Waals surface area contributed by atoms with Crippen LogP contribution in [0.25, 0.3) is 10.9 Å². The summed E-state index contributed by atoms with van der Waals surface area (Å²) in [5.74, 6) is 0.174. The number of carbonyl (C=O) groups is 2. The van der Waals surface area contributed by atoms with Crippen LogP contribution in [0.4, 0.5) is 0 Å². The molecule has 5 heteroatoms. The fourth-order valence-electron chi connectivity index (χ4n) is 2.85. The predicted molar refractivity (Wildman–Crippen MR) is 84.0 cm³/mol. The number of fused-ring (bicyclic) bond motifs is 1. The monoisotopic (exact) mass is 300 g/mol. The Morgan fingerprint density at radius 2 is 1.91 bits per heavy atom. The molecule has 1 fully saturated rings. The van der Waals surface area contributed by atoms with Gasteiger partial charge in [-0.2, -0.15) is 0 Å². The third-order valence-corrected chi connectivity index (χ3v) is 4.08. The first-order valence-electron chi connectivity index (χ1n) is 7.67. The molecule has 2 aromatic rings. The fraction of sp³-hybridized carbons (Fsp3) is 0.412. The molecule has 0 atom stereocenters. The summed E-state index contributed by atoms with van der Waals surface area (Å²) >= 11 is 0. The van der Waals surface area contributed by atoms with Crippen LogP contribution in [0.2, 0.25) is 0 Å². The van der Waals surface area contributed by atoms with Crippen molar-refractivity contribution in [2.24, 2.45) is 0 Å². The zero-order valence-corrected chi connectivity index (χ0v) is 12.7. The van der Waals surface area contributed by atoms with Crippen molar-refractivity contribution in [1.29, 1.82) is 0 Å². The van der Waals surface area contributed by atoms with Gasteiger partial charge < -0.3 is 14.2 Å². The fourth-order valence-corrected chi connectivity index (χ4v) is 2.85. The Morgan fingerprint density at radius 1 is 1.18 bits per heavy atom.